The van der Waals surface area contributed by atoms with Crippen LogP contribution in [0.15, 0.2) is 60.8 Å². The second kappa shape index (κ2) is 9.78. The summed E-state index contributed by atoms with van der Waals surface area (Å²) in [7, 11) is 0. The Bertz CT molecular complexity index is 1210. The lowest BCUT2D eigenvalue weighted by Gasteiger charge is -2.19. The van der Waals surface area contributed by atoms with E-state index >= 15 is 0 Å². The van der Waals surface area contributed by atoms with Crippen molar-refractivity contribution in [3.05, 3.63) is 77.6 Å². The maximum atomic E-state index is 13.2. The van der Waals surface area contributed by atoms with E-state index in [1.807, 2.05) is 50.2 Å². The zero-order valence-electron chi connectivity index (χ0n) is 18.4. The first-order valence-corrected chi connectivity index (χ1v) is 11.3. The van der Waals surface area contributed by atoms with E-state index in [-0.39, 0.29) is 12.5 Å². The van der Waals surface area contributed by atoms with Gasteiger partial charge in [-0.05, 0) is 74.4 Å². The molecule has 164 valence electrons. The minimum Gasteiger partial charge on any atom is -0.494 e. The van der Waals surface area contributed by atoms with E-state index in [9.17, 15) is 4.79 Å². The number of benzene rings is 2. The van der Waals surface area contributed by atoms with E-state index < -0.39 is 0 Å². The molecule has 0 N–H and O–H groups in total. The highest BCUT2D eigenvalue weighted by Gasteiger charge is 2.22. The van der Waals surface area contributed by atoms with Crippen molar-refractivity contribution in [3.8, 4) is 11.5 Å². The van der Waals surface area contributed by atoms with Crippen molar-refractivity contribution in [2.45, 2.75) is 27.3 Å². The molecule has 4 aromatic rings. The molecule has 0 aliphatic rings. The summed E-state index contributed by atoms with van der Waals surface area (Å²) in [5, 5.41) is 0.639. The number of ether oxygens (including phenoxy) is 2. The number of anilines is 1. The molecule has 0 aliphatic carbocycles. The summed E-state index contributed by atoms with van der Waals surface area (Å²) in [5.74, 6) is 1.19. The number of pyridine rings is 1. The number of thiazole rings is 1. The highest BCUT2D eigenvalue weighted by atomic mass is 32.1. The Kier molecular flexibility index (Phi) is 6.66. The average Bonchev–Trinajstić information content (AvgIpc) is 3.22. The minimum absolute atomic E-state index is 0.102. The van der Waals surface area contributed by atoms with Gasteiger partial charge < -0.3 is 9.47 Å². The van der Waals surface area contributed by atoms with E-state index in [0.29, 0.717) is 24.0 Å². The van der Waals surface area contributed by atoms with Crippen LogP contribution in [0.1, 0.15) is 23.7 Å². The second-order valence-corrected chi connectivity index (χ2v) is 8.40. The van der Waals surface area contributed by atoms with Gasteiger partial charge in [-0.15, -0.1) is 0 Å². The molecule has 0 fully saturated rings. The lowest BCUT2D eigenvalue weighted by molar-refractivity contribution is -0.120. The molecule has 2 aromatic heterocycles. The number of hydrogen-bond donors (Lipinski definition) is 0. The summed E-state index contributed by atoms with van der Waals surface area (Å²) in [6, 6.07) is 17.1. The van der Waals surface area contributed by atoms with Gasteiger partial charge in [0, 0.05) is 6.20 Å². The topological polar surface area (TPSA) is 64.6 Å². The Labute approximate surface area is 191 Å². The first-order chi connectivity index (χ1) is 15.5. The van der Waals surface area contributed by atoms with Crippen molar-refractivity contribution in [2.24, 2.45) is 0 Å². The summed E-state index contributed by atoms with van der Waals surface area (Å²) in [5.41, 5.74) is 3.98. The normalized spacial score (nSPS) is 10.8. The molecule has 0 radical (unpaired) electrons. The number of carbonyl (C=O) groups excluding carboxylic acids is 1. The van der Waals surface area contributed by atoms with Crippen LogP contribution in [-0.2, 0) is 11.3 Å². The largest absolute Gasteiger partial charge is 0.494 e. The number of carbonyl (C=O) groups is 1. The molecule has 2 heterocycles. The van der Waals surface area contributed by atoms with Crippen molar-refractivity contribution in [1.82, 2.24) is 9.97 Å². The van der Waals surface area contributed by atoms with Gasteiger partial charge in [-0.1, -0.05) is 23.5 Å². The van der Waals surface area contributed by atoms with Crippen LogP contribution in [0.3, 0.4) is 0 Å². The van der Waals surface area contributed by atoms with Gasteiger partial charge in [-0.3, -0.25) is 14.7 Å². The van der Waals surface area contributed by atoms with Crippen molar-refractivity contribution in [1.29, 1.82) is 0 Å². The number of rotatable bonds is 8. The molecule has 0 aliphatic heterocycles. The van der Waals surface area contributed by atoms with Crippen LogP contribution in [-0.4, -0.2) is 29.1 Å². The van der Waals surface area contributed by atoms with Gasteiger partial charge in [0.2, 0.25) is 0 Å². The van der Waals surface area contributed by atoms with E-state index in [4.69, 9.17) is 14.5 Å². The summed E-state index contributed by atoms with van der Waals surface area (Å²) in [4.78, 5) is 24.0. The highest BCUT2D eigenvalue weighted by Crippen LogP contribution is 2.33. The van der Waals surface area contributed by atoms with Crippen LogP contribution in [0.2, 0.25) is 0 Å². The Hall–Kier alpha value is -3.45. The Balaban J connectivity index is 1.57. The molecule has 0 saturated carbocycles. The predicted molar refractivity (Wildman–Crippen MR) is 128 cm³/mol. The zero-order chi connectivity index (χ0) is 22.5. The monoisotopic (exact) mass is 447 g/mol. The van der Waals surface area contributed by atoms with Gasteiger partial charge in [0.05, 0.1) is 29.1 Å². The maximum absolute atomic E-state index is 13.2. The number of hydrogen-bond acceptors (Lipinski definition) is 6. The predicted octanol–water partition coefficient (Wildman–Crippen LogP) is 5.32. The minimum atomic E-state index is -0.182. The summed E-state index contributed by atoms with van der Waals surface area (Å²) >= 11 is 1.51. The van der Waals surface area contributed by atoms with Crippen LogP contribution in [0, 0.1) is 13.8 Å². The molecule has 7 heteroatoms. The molecule has 0 unspecified atom stereocenters. The number of aryl methyl sites for hydroxylation is 2. The fourth-order valence-electron chi connectivity index (χ4n) is 3.42. The Morgan fingerprint density at radius 1 is 1.03 bits per heavy atom. The molecule has 2 aromatic carbocycles. The maximum Gasteiger partial charge on any atom is 0.267 e. The first kappa shape index (κ1) is 21.8. The molecule has 0 atom stereocenters. The van der Waals surface area contributed by atoms with Crippen molar-refractivity contribution >= 4 is 32.6 Å². The number of fused-ring (bicyclic) bond motifs is 1. The van der Waals surface area contributed by atoms with Gasteiger partial charge in [0.25, 0.3) is 5.91 Å². The molecule has 32 heavy (non-hydrogen) atoms. The second-order valence-electron chi connectivity index (χ2n) is 7.42. The Morgan fingerprint density at radius 3 is 2.47 bits per heavy atom. The van der Waals surface area contributed by atoms with Gasteiger partial charge >= 0.3 is 0 Å². The SMILES string of the molecule is CCOc1ccc(OCC(=O)N(Cc2ccccn2)c2nc3cc(C)cc(C)c3s2)cc1. The van der Waals surface area contributed by atoms with E-state index in [0.717, 1.165) is 32.8 Å². The smallest absolute Gasteiger partial charge is 0.267 e. The lowest BCUT2D eigenvalue weighted by atomic mass is 10.1. The van der Waals surface area contributed by atoms with Gasteiger partial charge in [-0.25, -0.2) is 4.98 Å². The van der Waals surface area contributed by atoms with Gasteiger partial charge in [0.15, 0.2) is 11.7 Å². The van der Waals surface area contributed by atoms with E-state index in [2.05, 4.69) is 18.0 Å². The number of amides is 1. The van der Waals surface area contributed by atoms with E-state index in [1.54, 1.807) is 23.2 Å². The summed E-state index contributed by atoms with van der Waals surface area (Å²) in [6.45, 7) is 6.87. The van der Waals surface area contributed by atoms with Crippen LogP contribution in [0.25, 0.3) is 10.2 Å². The molecule has 6 nitrogen and oxygen atoms in total. The van der Waals surface area contributed by atoms with Gasteiger partial charge in [-0.2, -0.15) is 0 Å². The zero-order valence-corrected chi connectivity index (χ0v) is 19.2. The average molecular weight is 448 g/mol. The van der Waals surface area contributed by atoms with Crippen LogP contribution < -0.4 is 14.4 Å². The van der Waals surface area contributed by atoms with Crippen LogP contribution >= 0.6 is 11.3 Å². The number of nitrogens with zero attached hydrogens (tertiary/aromatic N) is 3. The van der Waals surface area contributed by atoms with Crippen LogP contribution in [0.4, 0.5) is 5.13 Å². The van der Waals surface area contributed by atoms with Crippen molar-refractivity contribution < 1.29 is 14.3 Å². The third kappa shape index (κ3) is 5.06. The Morgan fingerprint density at radius 2 is 1.78 bits per heavy atom. The molecular weight excluding hydrogens is 422 g/mol. The van der Waals surface area contributed by atoms with Crippen LogP contribution in [0.5, 0.6) is 11.5 Å². The molecule has 0 saturated heterocycles. The molecule has 0 bridgehead atoms. The summed E-state index contributed by atoms with van der Waals surface area (Å²) < 4.78 is 12.3. The lowest BCUT2D eigenvalue weighted by Crippen LogP contribution is -2.34. The standard InChI is InChI=1S/C25H25N3O3S/c1-4-30-20-8-10-21(11-9-20)31-16-23(29)28(15-19-7-5-6-12-26-19)25-27-22-14-17(2)13-18(3)24(22)32-25/h5-14H,4,15-16H2,1-3H3. The third-order valence-corrected chi connectivity index (χ3v) is 6.11. The van der Waals surface area contributed by atoms with Crippen molar-refractivity contribution in [3.63, 3.8) is 0 Å². The molecular formula is C25H25N3O3S. The fourth-order valence-corrected chi connectivity index (χ4v) is 4.45. The molecule has 1 amide bonds. The highest BCUT2D eigenvalue weighted by molar-refractivity contribution is 7.22. The fraction of sp³-hybridized carbons (Fsp3) is 0.240. The quantitative estimate of drug-likeness (QED) is 0.366. The summed E-state index contributed by atoms with van der Waals surface area (Å²) in [6.07, 6.45) is 1.72. The first-order valence-electron chi connectivity index (χ1n) is 10.5. The number of aromatic nitrogens is 2. The molecule has 4 rings (SSSR count). The van der Waals surface area contributed by atoms with Gasteiger partial charge in [0.1, 0.15) is 11.5 Å². The molecule has 0 spiro atoms. The third-order valence-electron chi connectivity index (χ3n) is 4.88. The van der Waals surface area contributed by atoms with E-state index in [1.165, 1.54) is 11.3 Å². The van der Waals surface area contributed by atoms with Crippen molar-refractivity contribution in [2.75, 3.05) is 18.1 Å².